The van der Waals surface area contributed by atoms with Crippen molar-refractivity contribution in [1.29, 1.82) is 0 Å². The highest BCUT2D eigenvalue weighted by Crippen LogP contribution is 2.40. The Morgan fingerprint density at radius 3 is 2.55 bits per heavy atom. The standard InChI is InChI=1S/C19H18O3/c1-10-9-15-17(11-6-4-7-12(11)19(20)22-15)18-16(10)13-5-2-3-8-14(13)21-18/h9H,2-8H2,1H3. The van der Waals surface area contributed by atoms with Gasteiger partial charge in [0.1, 0.15) is 16.9 Å². The summed E-state index contributed by atoms with van der Waals surface area (Å²) in [6.07, 6.45) is 7.41. The Balaban J connectivity index is 2.02. The molecule has 0 saturated carbocycles. The lowest BCUT2D eigenvalue weighted by Crippen LogP contribution is -2.07. The maximum absolute atomic E-state index is 12.2. The molecule has 2 aliphatic carbocycles. The van der Waals surface area contributed by atoms with E-state index >= 15 is 0 Å². The average molecular weight is 294 g/mol. The minimum absolute atomic E-state index is 0.157. The van der Waals surface area contributed by atoms with E-state index in [1.54, 1.807) is 0 Å². The van der Waals surface area contributed by atoms with Crippen LogP contribution in [0, 0.1) is 6.92 Å². The smallest absolute Gasteiger partial charge is 0.339 e. The first-order valence-electron chi connectivity index (χ1n) is 8.26. The Morgan fingerprint density at radius 2 is 1.64 bits per heavy atom. The Kier molecular flexibility index (Phi) is 2.42. The largest absolute Gasteiger partial charge is 0.460 e. The number of fused-ring (bicyclic) bond motifs is 7. The summed E-state index contributed by atoms with van der Waals surface area (Å²) in [5, 5.41) is 2.33. The topological polar surface area (TPSA) is 43.4 Å². The third-order valence-electron chi connectivity index (χ3n) is 5.36. The first kappa shape index (κ1) is 12.5. The predicted octanol–water partition coefficient (Wildman–Crippen LogP) is 4.22. The van der Waals surface area contributed by atoms with Gasteiger partial charge in [-0.15, -0.1) is 0 Å². The molecule has 112 valence electrons. The second kappa shape index (κ2) is 4.25. The van der Waals surface area contributed by atoms with Crippen molar-refractivity contribution in [2.45, 2.75) is 51.9 Å². The number of aryl methyl sites for hydroxylation is 4. The predicted molar refractivity (Wildman–Crippen MR) is 85.7 cm³/mol. The van der Waals surface area contributed by atoms with Gasteiger partial charge in [0.15, 0.2) is 0 Å². The average Bonchev–Trinajstić information content (AvgIpc) is 3.11. The van der Waals surface area contributed by atoms with Crippen LogP contribution in [0.4, 0.5) is 0 Å². The van der Waals surface area contributed by atoms with Crippen LogP contribution >= 0.6 is 0 Å². The Hall–Kier alpha value is -2.03. The van der Waals surface area contributed by atoms with Gasteiger partial charge in [0, 0.05) is 22.9 Å². The molecule has 22 heavy (non-hydrogen) atoms. The van der Waals surface area contributed by atoms with Crippen LogP contribution in [0.25, 0.3) is 21.9 Å². The molecule has 0 radical (unpaired) electrons. The van der Waals surface area contributed by atoms with Gasteiger partial charge < -0.3 is 8.83 Å². The maximum atomic E-state index is 12.2. The van der Waals surface area contributed by atoms with Gasteiger partial charge in [-0.25, -0.2) is 4.79 Å². The highest BCUT2D eigenvalue weighted by atomic mass is 16.4. The van der Waals surface area contributed by atoms with Crippen molar-refractivity contribution >= 4 is 21.9 Å². The van der Waals surface area contributed by atoms with Gasteiger partial charge in [0.05, 0.1) is 5.39 Å². The SMILES string of the molecule is Cc1cc2oc(=O)c3c(c2c2oc4c(c12)CCCC4)CCC3. The van der Waals surface area contributed by atoms with Gasteiger partial charge in [-0.2, -0.15) is 0 Å². The van der Waals surface area contributed by atoms with Crippen LogP contribution in [-0.4, -0.2) is 0 Å². The lowest BCUT2D eigenvalue weighted by Gasteiger charge is -2.09. The van der Waals surface area contributed by atoms with Crippen molar-refractivity contribution in [3.8, 4) is 0 Å². The monoisotopic (exact) mass is 294 g/mol. The fourth-order valence-corrected chi connectivity index (χ4v) is 4.38. The van der Waals surface area contributed by atoms with E-state index in [9.17, 15) is 4.79 Å². The van der Waals surface area contributed by atoms with Gasteiger partial charge in [0.2, 0.25) is 0 Å². The normalized spacial score (nSPS) is 17.1. The van der Waals surface area contributed by atoms with Gasteiger partial charge in [-0.05, 0) is 62.6 Å². The molecule has 2 heterocycles. The molecule has 2 aromatic heterocycles. The third kappa shape index (κ3) is 1.49. The Bertz CT molecular complexity index is 988. The van der Waals surface area contributed by atoms with E-state index in [0.29, 0.717) is 5.58 Å². The third-order valence-corrected chi connectivity index (χ3v) is 5.36. The quantitative estimate of drug-likeness (QED) is 0.583. The van der Waals surface area contributed by atoms with Gasteiger partial charge in [0.25, 0.3) is 0 Å². The van der Waals surface area contributed by atoms with E-state index < -0.39 is 0 Å². The zero-order chi connectivity index (χ0) is 14.8. The molecule has 1 aromatic carbocycles. The Morgan fingerprint density at radius 1 is 0.864 bits per heavy atom. The summed E-state index contributed by atoms with van der Waals surface area (Å²) in [5.74, 6) is 1.15. The van der Waals surface area contributed by atoms with Crippen LogP contribution in [0.3, 0.4) is 0 Å². The molecule has 0 spiro atoms. The molecular weight excluding hydrogens is 276 g/mol. The maximum Gasteiger partial charge on any atom is 0.339 e. The fourth-order valence-electron chi connectivity index (χ4n) is 4.38. The van der Waals surface area contributed by atoms with Crippen LogP contribution in [0.5, 0.6) is 0 Å². The number of hydrogen-bond acceptors (Lipinski definition) is 3. The van der Waals surface area contributed by atoms with Crippen LogP contribution in [-0.2, 0) is 25.7 Å². The van der Waals surface area contributed by atoms with Crippen molar-refractivity contribution in [2.24, 2.45) is 0 Å². The number of benzene rings is 1. The fraction of sp³-hybridized carbons (Fsp3) is 0.421. The summed E-state index contributed by atoms with van der Waals surface area (Å²) in [6, 6.07) is 2.03. The van der Waals surface area contributed by atoms with Crippen molar-refractivity contribution in [2.75, 3.05) is 0 Å². The molecule has 2 aliphatic rings. The van der Waals surface area contributed by atoms with E-state index in [4.69, 9.17) is 8.83 Å². The molecule has 0 aliphatic heterocycles. The minimum atomic E-state index is -0.157. The van der Waals surface area contributed by atoms with Gasteiger partial charge >= 0.3 is 5.63 Å². The van der Waals surface area contributed by atoms with E-state index in [-0.39, 0.29) is 5.63 Å². The van der Waals surface area contributed by atoms with Crippen molar-refractivity contribution < 1.29 is 8.83 Å². The van der Waals surface area contributed by atoms with Crippen LogP contribution in [0.1, 0.15) is 47.3 Å². The molecule has 3 aromatic rings. The zero-order valence-corrected chi connectivity index (χ0v) is 12.8. The zero-order valence-electron chi connectivity index (χ0n) is 12.8. The van der Waals surface area contributed by atoms with Crippen molar-refractivity contribution in [3.63, 3.8) is 0 Å². The van der Waals surface area contributed by atoms with E-state index in [2.05, 4.69) is 6.92 Å². The van der Waals surface area contributed by atoms with E-state index in [0.717, 1.165) is 60.0 Å². The molecular formula is C19H18O3. The van der Waals surface area contributed by atoms with E-state index in [1.165, 1.54) is 29.4 Å². The lowest BCUT2D eigenvalue weighted by molar-refractivity contribution is 0.506. The summed E-state index contributed by atoms with van der Waals surface area (Å²) in [5.41, 5.74) is 6.09. The van der Waals surface area contributed by atoms with Crippen molar-refractivity contribution in [1.82, 2.24) is 0 Å². The summed E-state index contributed by atoms with van der Waals surface area (Å²) in [4.78, 5) is 12.2. The summed E-state index contributed by atoms with van der Waals surface area (Å²) >= 11 is 0. The van der Waals surface area contributed by atoms with E-state index in [1.807, 2.05) is 6.07 Å². The second-order valence-electron chi connectivity index (χ2n) is 6.68. The molecule has 0 unspecified atom stereocenters. The molecule has 0 N–H and O–H groups in total. The highest BCUT2D eigenvalue weighted by Gasteiger charge is 2.26. The summed E-state index contributed by atoms with van der Waals surface area (Å²) in [7, 11) is 0. The molecule has 5 rings (SSSR count). The summed E-state index contributed by atoms with van der Waals surface area (Å²) in [6.45, 7) is 2.10. The first-order valence-corrected chi connectivity index (χ1v) is 8.26. The van der Waals surface area contributed by atoms with Crippen LogP contribution < -0.4 is 5.63 Å². The Labute approximate surface area is 127 Å². The van der Waals surface area contributed by atoms with Crippen LogP contribution in [0.2, 0.25) is 0 Å². The molecule has 3 heteroatoms. The molecule has 0 amide bonds. The minimum Gasteiger partial charge on any atom is -0.460 e. The number of rotatable bonds is 0. The number of furan rings is 1. The van der Waals surface area contributed by atoms with Crippen LogP contribution in [0.15, 0.2) is 19.7 Å². The molecule has 3 nitrogen and oxygen atoms in total. The summed E-state index contributed by atoms with van der Waals surface area (Å²) < 4.78 is 11.9. The van der Waals surface area contributed by atoms with Gasteiger partial charge in [-0.1, -0.05) is 0 Å². The molecule has 0 atom stereocenters. The molecule has 0 saturated heterocycles. The first-order chi connectivity index (χ1) is 10.7. The van der Waals surface area contributed by atoms with Crippen molar-refractivity contribution in [3.05, 3.63) is 44.5 Å². The second-order valence-corrected chi connectivity index (χ2v) is 6.68. The highest BCUT2D eigenvalue weighted by molar-refractivity contribution is 6.07. The molecule has 0 bridgehead atoms. The number of hydrogen-bond donors (Lipinski definition) is 0. The van der Waals surface area contributed by atoms with Gasteiger partial charge in [-0.3, -0.25) is 0 Å². The lowest BCUT2D eigenvalue weighted by atomic mass is 9.93. The molecule has 0 fully saturated rings.